The summed E-state index contributed by atoms with van der Waals surface area (Å²) in [4.78, 5) is 26.8. The van der Waals surface area contributed by atoms with Gasteiger partial charge in [0, 0.05) is 17.5 Å². The molecule has 0 N–H and O–H groups in total. The van der Waals surface area contributed by atoms with Gasteiger partial charge in [0.1, 0.15) is 18.5 Å². The Hall–Kier alpha value is -3.42. The van der Waals surface area contributed by atoms with E-state index in [4.69, 9.17) is 4.74 Å². The van der Waals surface area contributed by atoms with Crippen LogP contribution >= 0.6 is 0 Å². The Morgan fingerprint density at radius 3 is 2.57 bits per heavy atom. The molecule has 2 heterocycles. The average molecular weight is 408 g/mol. The molecule has 2 aromatic carbocycles. The summed E-state index contributed by atoms with van der Waals surface area (Å²) in [6.45, 7) is 1.03. The molecule has 3 aromatic rings. The van der Waals surface area contributed by atoms with Gasteiger partial charge < -0.3 is 4.74 Å². The first-order valence-electron chi connectivity index (χ1n) is 9.76. The number of benzene rings is 2. The Morgan fingerprint density at radius 2 is 1.93 bits per heavy atom. The van der Waals surface area contributed by atoms with Crippen LogP contribution in [-0.2, 0) is 13.5 Å². The van der Waals surface area contributed by atoms with E-state index in [1.807, 2.05) is 30.3 Å². The number of aryl methyl sites for hydroxylation is 1. The Kier molecular flexibility index (Phi) is 5.39. The second-order valence-corrected chi connectivity index (χ2v) is 7.21. The number of aromatic nitrogens is 4. The molecular weight excluding hydrogens is 387 g/mol. The van der Waals surface area contributed by atoms with Crippen molar-refractivity contribution >= 4 is 11.6 Å². The van der Waals surface area contributed by atoms with Crippen molar-refractivity contribution in [3.05, 3.63) is 70.5 Å². The second kappa shape index (κ2) is 8.14. The molecule has 0 saturated carbocycles. The van der Waals surface area contributed by atoms with Crippen LogP contribution in [0.3, 0.4) is 0 Å². The van der Waals surface area contributed by atoms with Crippen LogP contribution in [0.1, 0.15) is 56.9 Å². The van der Waals surface area contributed by atoms with Gasteiger partial charge in [0.05, 0.1) is 24.9 Å². The number of halogens is 1. The van der Waals surface area contributed by atoms with E-state index in [0.29, 0.717) is 28.3 Å². The zero-order chi connectivity index (χ0) is 21.3. The SMILES string of the molecule is CCC(=O)c1cc(C(=O)Cc2nnn(C)n2)cc2c1O[C@H](CF)[C@H]2c1ccccc1. The second-order valence-electron chi connectivity index (χ2n) is 7.21. The standard InChI is InChI=1S/C22H21FN4O3/c1-3-17(28)15-9-14(18(29)11-20-24-26-27(2)25-20)10-16-21(13-7-5-4-6-8-13)19(12-23)30-22(15)16/h4-10,19,21H,3,11-12H2,1-2H3/t19-,21+/m1/s1. The molecule has 0 fully saturated rings. The molecule has 4 rings (SSSR count). The lowest BCUT2D eigenvalue weighted by Crippen LogP contribution is -2.22. The van der Waals surface area contributed by atoms with Gasteiger partial charge in [-0.15, -0.1) is 10.2 Å². The maximum atomic E-state index is 13.9. The topological polar surface area (TPSA) is 87.0 Å². The monoisotopic (exact) mass is 408 g/mol. The largest absolute Gasteiger partial charge is 0.486 e. The van der Waals surface area contributed by atoms with Crippen LogP contribution in [-0.4, -0.2) is 44.6 Å². The fourth-order valence-electron chi connectivity index (χ4n) is 3.81. The molecule has 0 unspecified atom stereocenters. The summed E-state index contributed by atoms with van der Waals surface area (Å²) < 4.78 is 19.7. The molecule has 0 saturated heterocycles. The molecule has 0 amide bonds. The summed E-state index contributed by atoms with van der Waals surface area (Å²) in [6, 6.07) is 12.6. The molecule has 0 spiro atoms. The number of fused-ring (bicyclic) bond motifs is 1. The van der Waals surface area contributed by atoms with Crippen molar-refractivity contribution < 1.29 is 18.7 Å². The summed E-state index contributed by atoms with van der Waals surface area (Å²) in [6.07, 6.45) is -0.552. The maximum Gasteiger partial charge on any atom is 0.182 e. The number of hydrogen-bond acceptors (Lipinski definition) is 6. The van der Waals surface area contributed by atoms with Gasteiger partial charge in [0.15, 0.2) is 17.4 Å². The van der Waals surface area contributed by atoms with Crippen LogP contribution in [0.4, 0.5) is 4.39 Å². The van der Waals surface area contributed by atoms with E-state index in [0.717, 1.165) is 5.56 Å². The molecule has 7 nitrogen and oxygen atoms in total. The van der Waals surface area contributed by atoms with Crippen LogP contribution in [0.15, 0.2) is 42.5 Å². The highest BCUT2D eigenvalue weighted by Gasteiger charge is 2.38. The molecular formula is C22H21FN4O3. The van der Waals surface area contributed by atoms with E-state index < -0.39 is 18.7 Å². The highest BCUT2D eigenvalue weighted by atomic mass is 19.1. The minimum absolute atomic E-state index is 0.0459. The van der Waals surface area contributed by atoms with Gasteiger partial charge in [-0.3, -0.25) is 9.59 Å². The van der Waals surface area contributed by atoms with Gasteiger partial charge in [-0.1, -0.05) is 37.3 Å². The number of alkyl halides is 1. The lowest BCUT2D eigenvalue weighted by Gasteiger charge is -2.16. The minimum atomic E-state index is -0.752. The van der Waals surface area contributed by atoms with Crippen molar-refractivity contribution in [1.29, 1.82) is 0 Å². The van der Waals surface area contributed by atoms with Crippen molar-refractivity contribution in [2.75, 3.05) is 6.67 Å². The van der Waals surface area contributed by atoms with Crippen LogP contribution in [0, 0.1) is 0 Å². The predicted molar refractivity (Wildman–Crippen MR) is 107 cm³/mol. The third-order valence-electron chi connectivity index (χ3n) is 5.22. The highest BCUT2D eigenvalue weighted by molar-refractivity contribution is 6.04. The van der Waals surface area contributed by atoms with Gasteiger partial charge >= 0.3 is 0 Å². The predicted octanol–water partition coefficient (Wildman–Crippen LogP) is 3.09. The Morgan fingerprint density at radius 1 is 1.17 bits per heavy atom. The molecule has 0 aliphatic carbocycles. The quantitative estimate of drug-likeness (QED) is 0.559. The Balaban J connectivity index is 1.81. The van der Waals surface area contributed by atoms with Crippen molar-refractivity contribution in [3.63, 3.8) is 0 Å². The Bertz CT molecular complexity index is 1100. The van der Waals surface area contributed by atoms with E-state index in [1.54, 1.807) is 20.0 Å². The third-order valence-corrected chi connectivity index (χ3v) is 5.22. The zero-order valence-electron chi connectivity index (χ0n) is 16.7. The summed E-state index contributed by atoms with van der Waals surface area (Å²) in [5.74, 6) is -0.148. The van der Waals surface area contributed by atoms with Crippen molar-refractivity contribution in [2.45, 2.75) is 31.8 Å². The molecule has 0 bridgehead atoms. The molecule has 30 heavy (non-hydrogen) atoms. The van der Waals surface area contributed by atoms with E-state index in [-0.39, 0.29) is 24.4 Å². The molecule has 1 aromatic heterocycles. The van der Waals surface area contributed by atoms with Crippen molar-refractivity contribution in [1.82, 2.24) is 20.2 Å². The molecule has 154 valence electrons. The molecule has 2 atom stereocenters. The van der Waals surface area contributed by atoms with Crippen molar-refractivity contribution in [3.8, 4) is 5.75 Å². The van der Waals surface area contributed by atoms with Gasteiger partial charge in [0.2, 0.25) is 0 Å². The smallest absolute Gasteiger partial charge is 0.182 e. The summed E-state index contributed by atoms with van der Waals surface area (Å²) in [5, 5.41) is 11.6. The maximum absolute atomic E-state index is 13.9. The van der Waals surface area contributed by atoms with E-state index in [2.05, 4.69) is 15.4 Å². The Labute approximate surface area is 172 Å². The first-order chi connectivity index (χ1) is 14.5. The average Bonchev–Trinajstić information content (AvgIpc) is 3.35. The minimum Gasteiger partial charge on any atom is -0.486 e. The number of carbonyl (C=O) groups is 2. The number of tetrazole rings is 1. The molecule has 8 heteroatoms. The molecule has 1 aliphatic heterocycles. The first-order valence-corrected chi connectivity index (χ1v) is 9.76. The highest BCUT2D eigenvalue weighted by Crippen LogP contribution is 2.45. The zero-order valence-corrected chi connectivity index (χ0v) is 16.7. The van der Waals surface area contributed by atoms with Crippen LogP contribution in [0.25, 0.3) is 0 Å². The fourth-order valence-corrected chi connectivity index (χ4v) is 3.81. The van der Waals surface area contributed by atoms with Crippen LogP contribution in [0.2, 0.25) is 0 Å². The van der Waals surface area contributed by atoms with Gasteiger partial charge in [-0.05, 0) is 22.9 Å². The number of hydrogen-bond donors (Lipinski definition) is 0. The van der Waals surface area contributed by atoms with Crippen molar-refractivity contribution in [2.24, 2.45) is 7.05 Å². The summed E-state index contributed by atoms with van der Waals surface area (Å²) in [5.41, 5.74) is 2.18. The van der Waals surface area contributed by atoms with E-state index >= 15 is 0 Å². The van der Waals surface area contributed by atoms with Gasteiger partial charge in [0.25, 0.3) is 0 Å². The summed E-state index contributed by atoms with van der Waals surface area (Å²) >= 11 is 0. The fraction of sp³-hybridized carbons (Fsp3) is 0.318. The molecule has 1 aliphatic rings. The first kappa shape index (κ1) is 19.9. The van der Waals surface area contributed by atoms with E-state index in [1.165, 1.54) is 10.9 Å². The number of carbonyl (C=O) groups excluding carboxylic acids is 2. The normalized spacial score (nSPS) is 17.4. The van der Waals surface area contributed by atoms with Gasteiger partial charge in [-0.2, -0.15) is 4.80 Å². The van der Waals surface area contributed by atoms with E-state index in [9.17, 15) is 14.0 Å². The number of ether oxygens (including phenoxy) is 1. The van der Waals surface area contributed by atoms with Gasteiger partial charge in [-0.25, -0.2) is 4.39 Å². The number of nitrogens with zero attached hydrogens (tertiary/aromatic N) is 4. The third kappa shape index (κ3) is 3.60. The lowest BCUT2D eigenvalue weighted by atomic mass is 9.85. The number of ketones is 2. The summed E-state index contributed by atoms with van der Waals surface area (Å²) in [7, 11) is 1.62. The van der Waals surface area contributed by atoms with Crippen LogP contribution in [0.5, 0.6) is 5.75 Å². The number of Topliss-reactive ketones (excluding diaryl/α,β-unsaturated/α-hetero) is 2. The lowest BCUT2D eigenvalue weighted by molar-refractivity contribution is 0.0980. The molecule has 0 radical (unpaired) electrons. The van der Waals surface area contributed by atoms with Crippen LogP contribution < -0.4 is 4.74 Å². The number of rotatable bonds is 7.